The molecule has 0 bridgehead atoms. The fourth-order valence-corrected chi connectivity index (χ4v) is 4.34. The van der Waals surface area contributed by atoms with Crippen molar-refractivity contribution in [2.75, 3.05) is 33.2 Å². The monoisotopic (exact) mass is 391 g/mol. The van der Waals surface area contributed by atoms with Crippen LogP contribution in [-0.4, -0.2) is 60.9 Å². The maximum Gasteiger partial charge on any atom is 0.253 e. The Morgan fingerprint density at radius 2 is 2.15 bits per heavy atom. The van der Waals surface area contributed by atoms with Gasteiger partial charge in [0, 0.05) is 49.6 Å². The molecule has 0 radical (unpaired) electrons. The second-order valence-electron chi connectivity index (χ2n) is 7.27. The highest BCUT2D eigenvalue weighted by Crippen LogP contribution is 2.32. The van der Waals surface area contributed by atoms with Gasteiger partial charge in [0.15, 0.2) is 0 Å². The summed E-state index contributed by atoms with van der Waals surface area (Å²) in [4.78, 5) is 29.2. The van der Waals surface area contributed by atoms with E-state index in [0.29, 0.717) is 24.4 Å². The Balaban J connectivity index is 0.00000210. The normalized spacial score (nSPS) is 22.5. The second kappa shape index (κ2) is 8.31. The van der Waals surface area contributed by atoms with Gasteiger partial charge in [-0.3, -0.25) is 9.59 Å². The zero-order valence-electron chi connectivity index (χ0n) is 15.5. The minimum Gasteiger partial charge on any atom is -0.464 e. The number of likely N-dealkylation sites (tertiary alicyclic amines) is 2. The fourth-order valence-electron chi connectivity index (χ4n) is 4.34. The van der Waals surface area contributed by atoms with Gasteiger partial charge < -0.3 is 19.5 Å². The predicted molar refractivity (Wildman–Crippen MR) is 106 cm³/mol. The molecule has 0 spiro atoms. The van der Waals surface area contributed by atoms with Crippen molar-refractivity contribution < 1.29 is 14.0 Å². The third-order valence-electron chi connectivity index (χ3n) is 5.73. The Labute approximate surface area is 165 Å². The van der Waals surface area contributed by atoms with Gasteiger partial charge in [0.2, 0.25) is 5.91 Å². The molecule has 0 aliphatic carbocycles. The van der Waals surface area contributed by atoms with Crippen molar-refractivity contribution in [3.8, 4) is 0 Å². The van der Waals surface area contributed by atoms with Gasteiger partial charge in [-0.1, -0.05) is 0 Å². The molecule has 146 valence electrons. The summed E-state index contributed by atoms with van der Waals surface area (Å²) in [5.41, 5.74) is 1.50. The molecule has 6 nitrogen and oxygen atoms in total. The molecule has 1 N–H and O–H groups in total. The van der Waals surface area contributed by atoms with Gasteiger partial charge in [-0.25, -0.2) is 0 Å². The highest BCUT2D eigenvalue weighted by Gasteiger charge is 2.40. The minimum absolute atomic E-state index is 0. The number of furan rings is 1. The molecular formula is C20H26ClN3O3. The summed E-state index contributed by atoms with van der Waals surface area (Å²) in [7, 11) is 1.91. The van der Waals surface area contributed by atoms with Crippen LogP contribution < -0.4 is 5.32 Å². The van der Waals surface area contributed by atoms with Gasteiger partial charge >= 0.3 is 0 Å². The molecule has 3 heterocycles. The van der Waals surface area contributed by atoms with Crippen molar-refractivity contribution in [2.24, 2.45) is 5.92 Å². The van der Waals surface area contributed by atoms with E-state index in [1.165, 1.54) is 0 Å². The summed E-state index contributed by atoms with van der Waals surface area (Å²) in [5.74, 6) is 0.705. The number of hydrogen-bond acceptors (Lipinski definition) is 4. The first-order chi connectivity index (χ1) is 12.7. The third kappa shape index (κ3) is 3.82. The van der Waals surface area contributed by atoms with Crippen LogP contribution in [0.2, 0.25) is 0 Å². The van der Waals surface area contributed by atoms with Crippen LogP contribution in [0.3, 0.4) is 0 Å². The smallest absolute Gasteiger partial charge is 0.253 e. The lowest BCUT2D eigenvalue weighted by molar-refractivity contribution is -0.140. The molecule has 1 aromatic heterocycles. The van der Waals surface area contributed by atoms with Crippen LogP contribution in [0.25, 0.3) is 11.0 Å². The van der Waals surface area contributed by atoms with E-state index in [0.717, 1.165) is 43.4 Å². The topological polar surface area (TPSA) is 65.8 Å². The summed E-state index contributed by atoms with van der Waals surface area (Å²) in [6, 6.07) is 7.74. The van der Waals surface area contributed by atoms with E-state index in [1.807, 2.05) is 41.1 Å². The zero-order chi connectivity index (χ0) is 18.1. The molecule has 7 heteroatoms. The molecule has 2 aromatic rings. The van der Waals surface area contributed by atoms with Gasteiger partial charge in [-0.15, -0.1) is 12.4 Å². The number of amides is 2. The first kappa shape index (κ1) is 19.7. The average Bonchev–Trinajstić information content (AvgIpc) is 3.14. The summed E-state index contributed by atoms with van der Waals surface area (Å²) in [6.07, 6.45) is 3.97. The van der Waals surface area contributed by atoms with Crippen molar-refractivity contribution >= 4 is 35.2 Å². The number of rotatable bonds is 4. The van der Waals surface area contributed by atoms with E-state index in [1.54, 1.807) is 6.26 Å². The number of nitrogens with zero attached hydrogens (tertiary/aromatic N) is 2. The van der Waals surface area contributed by atoms with Crippen molar-refractivity contribution in [3.63, 3.8) is 0 Å². The summed E-state index contributed by atoms with van der Waals surface area (Å²) in [6.45, 7) is 2.99. The van der Waals surface area contributed by atoms with E-state index < -0.39 is 0 Å². The van der Waals surface area contributed by atoms with Crippen LogP contribution in [0.1, 0.15) is 29.6 Å². The van der Waals surface area contributed by atoms with E-state index in [2.05, 4.69) is 5.32 Å². The Hall–Kier alpha value is -2.05. The molecule has 2 aliphatic heterocycles. The van der Waals surface area contributed by atoms with Gasteiger partial charge in [-0.2, -0.15) is 0 Å². The lowest BCUT2D eigenvalue weighted by atomic mass is 9.83. The quantitative estimate of drug-likeness (QED) is 0.869. The van der Waals surface area contributed by atoms with E-state index in [9.17, 15) is 9.59 Å². The van der Waals surface area contributed by atoms with Gasteiger partial charge in [0.05, 0.1) is 6.26 Å². The maximum absolute atomic E-state index is 13.0. The Kier molecular flexibility index (Phi) is 6.07. The Morgan fingerprint density at radius 3 is 2.96 bits per heavy atom. The molecule has 2 aliphatic rings. The summed E-state index contributed by atoms with van der Waals surface area (Å²) < 4.78 is 5.36. The predicted octanol–water partition coefficient (Wildman–Crippen LogP) is 2.53. The van der Waals surface area contributed by atoms with Crippen LogP contribution in [0.5, 0.6) is 0 Å². The number of carbonyl (C=O) groups is 2. The maximum atomic E-state index is 13.0. The number of halogens is 1. The van der Waals surface area contributed by atoms with Crippen molar-refractivity contribution in [1.29, 1.82) is 0 Å². The number of nitrogens with one attached hydrogen (secondary N) is 1. The second-order valence-corrected chi connectivity index (χ2v) is 7.27. The molecule has 2 saturated heterocycles. The standard InChI is InChI=1S/C20H25N3O3.ClH/c1-21-8-10-23-17-6-9-22(13-16(17)3-5-19(23)24)20(25)15-2-4-18-14(12-15)7-11-26-18;/h2,4,7,11-12,16-17,21H,3,5-6,8-10,13H2,1H3;1H/t16-,17+;/m0./s1. The lowest BCUT2D eigenvalue weighted by Gasteiger charge is -2.47. The largest absolute Gasteiger partial charge is 0.464 e. The molecular weight excluding hydrogens is 366 g/mol. The summed E-state index contributed by atoms with van der Waals surface area (Å²) in [5, 5.41) is 4.08. The van der Waals surface area contributed by atoms with Crippen molar-refractivity contribution in [2.45, 2.75) is 25.3 Å². The summed E-state index contributed by atoms with van der Waals surface area (Å²) >= 11 is 0. The van der Waals surface area contributed by atoms with Crippen LogP contribution in [-0.2, 0) is 4.79 Å². The molecule has 27 heavy (non-hydrogen) atoms. The molecule has 4 rings (SSSR count). The van der Waals surface area contributed by atoms with E-state index >= 15 is 0 Å². The van der Waals surface area contributed by atoms with Gasteiger partial charge in [0.1, 0.15) is 5.58 Å². The molecule has 2 atom stereocenters. The van der Waals surface area contributed by atoms with Crippen LogP contribution in [0.15, 0.2) is 34.9 Å². The zero-order valence-corrected chi connectivity index (χ0v) is 16.3. The Morgan fingerprint density at radius 1 is 1.30 bits per heavy atom. The lowest BCUT2D eigenvalue weighted by Crippen LogP contribution is -2.57. The first-order valence-corrected chi connectivity index (χ1v) is 9.38. The number of fused-ring (bicyclic) bond motifs is 2. The third-order valence-corrected chi connectivity index (χ3v) is 5.73. The number of benzene rings is 1. The minimum atomic E-state index is 0. The SMILES string of the molecule is CNCCN1C(=O)CC[C@H]2CN(C(=O)c3ccc4occc4c3)CC[C@H]21.Cl. The van der Waals surface area contributed by atoms with E-state index in [-0.39, 0.29) is 30.3 Å². The molecule has 2 fully saturated rings. The number of piperidine rings is 2. The number of likely N-dealkylation sites (N-methyl/N-ethyl adjacent to an activating group) is 1. The number of carbonyl (C=O) groups excluding carboxylic acids is 2. The van der Waals surface area contributed by atoms with Crippen LogP contribution in [0, 0.1) is 5.92 Å². The molecule has 2 amide bonds. The highest BCUT2D eigenvalue weighted by molar-refractivity contribution is 5.97. The van der Waals surface area contributed by atoms with E-state index in [4.69, 9.17) is 4.42 Å². The van der Waals surface area contributed by atoms with Gasteiger partial charge in [-0.05, 0) is 50.1 Å². The van der Waals surface area contributed by atoms with Crippen LogP contribution >= 0.6 is 12.4 Å². The fraction of sp³-hybridized carbons (Fsp3) is 0.500. The highest BCUT2D eigenvalue weighted by atomic mass is 35.5. The van der Waals surface area contributed by atoms with Crippen LogP contribution in [0.4, 0.5) is 0 Å². The van der Waals surface area contributed by atoms with Crippen molar-refractivity contribution in [1.82, 2.24) is 15.1 Å². The molecule has 0 saturated carbocycles. The number of hydrogen-bond donors (Lipinski definition) is 1. The first-order valence-electron chi connectivity index (χ1n) is 9.38. The Bertz CT molecular complexity index is 822. The average molecular weight is 392 g/mol. The molecule has 0 unspecified atom stereocenters. The van der Waals surface area contributed by atoms with Gasteiger partial charge in [0.25, 0.3) is 5.91 Å². The molecule has 1 aromatic carbocycles. The van der Waals surface area contributed by atoms with Crippen molar-refractivity contribution in [3.05, 3.63) is 36.1 Å².